The lowest BCUT2D eigenvalue weighted by Gasteiger charge is -2.29. The molecule has 2 nitrogen and oxygen atoms in total. The van der Waals surface area contributed by atoms with E-state index in [-0.39, 0.29) is 0 Å². The van der Waals surface area contributed by atoms with E-state index in [0.717, 1.165) is 18.9 Å². The Kier molecular flexibility index (Phi) is 5.93. The van der Waals surface area contributed by atoms with Crippen molar-refractivity contribution in [2.24, 2.45) is 16.8 Å². The first kappa shape index (κ1) is 18.7. The Labute approximate surface area is 164 Å². The molecule has 0 aromatic heterocycles. The van der Waals surface area contributed by atoms with E-state index >= 15 is 0 Å². The number of rotatable bonds is 6. The van der Waals surface area contributed by atoms with Gasteiger partial charge in [-0.25, -0.2) is 4.99 Å². The van der Waals surface area contributed by atoms with E-state index in [9.17, 15) is 0 Å². The molecule has 2 aromatic rings. The largest absolute Gasteiger partial charge is 0.478 e. The van der Waals surface area contributed by atoms with E-state index in [2.05, 4.69) is 74.5 Å². The zero-order chi connectivity index (χ0) is 18.6. The van der Waals surface area contributed by atoms with Crippen molar-refractivity contribution in [3.63, 3.8) is 0 Å². The van der Waals surface area contributed by atoms with Crippen LogP contribution in [0.2, 0.25) is 0 Å². The van der Waals surface area contributed by atoms with Gasteiger partial charge in [0.2, 0.25) is 0 Å². The first-order valence-corrected chi connectivity index (χ1v) is 11.7. The van der Waals surface area contributed by atoms with Gasteiger partial charge >= 0.3 is 0 Å². The summed E-state index contributed by atoms with van der Waals surface area (Å²) in [5.41, 5.74) is 0.626. The van der Waals surface area contributed by atoms with E-state index in [0.29, 0.717) is 23.5 Å². The Hall–Kier alpha value is -1.66. The number of hydrogen-bond acceptors (Lipinski definition) is 2. The second-order valence-corrected chi connectivity index (χ2v) is 10.6. The van der Waals surface area contributed by atoms with Crippen LogP contribution in [0.5, 0.6) is 0 Å². The molecule has 0 saturated heterocycles. The van der Waals surface area contributed by atoms with E-state index < -0.39 is 7.92 Å². The van der Waals surface area contributed by atoms with Crippen molar-refractivity contribution in [2.45, 2.75) is 51.2 Å². The van der Waals surface area contributed by atoms with Crippen molar-refractivity contribution < 1.29 is 4.74 Å². The zero-order valence-electron chi connectivity index (χ0n) is 16.4. The van der Waals surface area contributed by atoms with E-state index in [1.165, 1.54) is 29.9 Å². The van der Waals surface area contributed by atoms with Crippen LogP contribution in [0.4, 0.5) is 0 Å². The van der Waals surface area contributed by atoms with Crippen molar-refractivity contribution in [2.75, 3.05) is 6.61 Å². The summed E-state index contributed by atoms with van der Waals surface area (Å²) in [6, 6.07) is 22.6. The maximum atomic E-state index is 6.16. The highest BCUT2D eigenvalue weighted by Gasteiger charge is 2.40. The molecule has 2 aromatic carbocycles. The average molecular weight is 379 g/mol. The third-order valence-corrected chi connectivity index (χ3v) is 8.66. The molecule has 1 unspecified atom stereocenters. The van der Waals surface area contributed by atoms with Crippen LogP contribution in [-0.4, -0.2) is 24.2 Å². The number of ether oxygens (including phenoxy) is 1. The van der Waals surface area contributed by atoms with Gasteiger partial charge in [0.25, 0.3) is 0 Å². The molecule has 1 fully saturated rings. The normalized spacial score (nSPS) is 25.0. The molecule has 0 amide bonds. The molecule has 1 heterocycles. The predicted molar refractivity (Wildman–Crippen MR) is 117 cm³/mol. The summed E-state index contributed by atoms with van der Waals surface area (Å²) in [5.74, 6) is 2.21. The minimum absolute atomic E-state index is 0.362. The van der Waals surface area contributed by atoms with Gasteiger partial charge in [-0.2, -0.15) is 0 Å². The maximum absolute atomic E-state index is 6.16. The standard InChI is InChI=1S/C24H30NOP/c1-18(2)16-19-17-26-24(25-19)22-14-9-15-23(22)27(20-10-5-3-6-11-20)21-12-7-4-8-13-21/h3-8,10-13,18-19,22-23H,9,14-17H2,1-2H3/t19-,22?,23-/m0/s1. The number of benzene rings is 2. The van der Waals surface area contributed by atoms with Crippen LogP contribution in [0.15, 0.2) is 65.7 Å². The molecule has 142 valence electrons. The predicted octanol–water partition coefficient (Wildman–Crippen LogP) is 5.13. The molecule has 1 aliphatic carbocycles. The Morgan fingerprint density at radius 2 is 1.59 bits per heavy atom. The van der Waals surface area contributed by atoms with Gasteiger partial charge in [0.05, 0.1) is 6.04 Å². The van der Waals surface area contributed by atoms with Gasteiger partial charge in [0.15, 0.2) is 5.90 Å². The van der Waals surface area contributed by atoms with E-state index in [1.807, 2.05) is 0 Å². The zero-order valence-corrected chi connectivity index (χ0v) is 17.3. The fourth-order valence-electron chi connectivity index (χ4n) is 4.55. The highest BCUT2D eigenvalue weighted by Crippen LogP contribution is 2.51. The second kappa shape index (κ2) is 8.57. The van der Waals surface area contributed by atoms with Gasteiger partial charge in [0, 0.05) is 5.92 Å². The molecule has 0 bridgehead atoms. The van der Waals surface area contributed by atoms with Crippen LogP contribution >= 0.6 is 7.92 Å². The summed E-state index contributed by atoms with van der Waals surface area (Å²) in [4.78, 5) is 5.03. The van der Waals surface area contributed by atoms with E-state index in [1.54, 1.807) is 0 Å². The molecule has 3 atom stereocenters. The van der Waals surface area contributed by atoms with Crippen LogP contribution in [0.3, 0.4) is 0 Å². The van der Waals surface area contributed by atoms with Crippen molar-refractivity contribution in [1.82, 2.24) is 0 Å². The number of aliphatic imine (C=N–C) groups is 1. The average Bonchev–Trinajstić information content (AvgIpc) is 3.33. The molecule has 1 saturated carbocycles. The Balaban J connectivity index is 1.64. The number of nitrogens with zero attached hydrogens (tertiary/aromatic N) is 1. The Morgan fingerprint density at radius 3 is 2.19 bits per heavy atom. The van der Waals surface area contributed by atoms with Crippen molar-refractivity contribution in [3.05, 3.63) is 60.7 Å². The lowest BCUT2D eigenvalue weighted by molar-refractivity contribution is 0.285. The molecule has 3 heteroatoms. The fourth-order valence-corrected chi connectivity index (χ4v) is 7.68. The van der Waals surface area contributed by atoms with Gasteiger partial charge < -0.3 is 4.74 Å². The molecule has 0 N–H and O–H groups in total. The molecule has 1 aliphatic heterocycles. The molecule has 2 aliphatic rings. The summed E-state index contributed by atoms with van der Waals surface area (Å²) >= 11 is 0. The van der Waals surface area contributed by atoms with Crippen molar-refractivity contribution in [1.29, 1.82) is 0 Å². The summed E-state index contributed by atoms with van der Waals surface area (Å²) in [7, 11) is -0.399. The van der Waals surface area contributed by atoms with Crippen LogP contribution in [-0.2, 0) is 4.74 Å². The Morgan fingerprint density at radius 1 is 0.963 bits per heavy atom. The lowest BCUT2D eigenvalue weighted by Crippen LogP contribution is -2.29. The quantitative estimate of drug-likeness (QED) is 0.638. The van der Waals surface area contributed by atoms with Gasteiger partial charge in [-0.05, 0) is 49.4 Å². The van der Waals surface area contributed by atoms with E-state index in [4.69, 9.17) is 9.73 Å². The highest BCUT2D eigenvalue weighted by atomic mass is 31.1. The fraction of sp³-hybridized carbons (Fsp3) is 0.458. The second-order valence-electron chi connectivity index (χ2n) is 8.21. The minimum atomic E-state index is -0.399. The van der Waals surface area contributed by atoms with Gasteiger partial charge in [-0.3, -0.25) is 0 Å². The summed E-state index contributed by atoms with van der Waals surface area (Å²) in [5, 5.41) is 2.96. The Bertz CT molecular complexity index is 719. The molecular formula is C24H30NOP. The van der Waals surface area contributed by atoms with Gasteiger partial charge in [-0.1, -0.05) is 80.9 Å². The maximum Gasteiger partial charge on any atom is 0.187 e. The topological polar surface area (TPSA) is 21.6 Å². The van der Waals surface area contributed by atoms with Crippen molar-refractivity contribution in [3.8, 4) is 0 Å². The third kappa shape index (κ3) is 4.27. The third-order valence-electron chi connectivity index (χ3n) is 5.67. The molecule has 4 rings (SSSR count). The lowest BCUT2D eigenvalue weighted by atomic mass is 10.1. The minimum Gasteiger partial charge on any atom is -0.478 e. The van der Waals surface area contributed by atoms with Crippen LogP contribution in [0, 0.1) is 11.8 Å². The van der Waals surface area contributed by atoms with Crippen LogP contribution < -0.4 is 10.6 Å². The van der Waals surface area contributed by atoms with Crippen LogP contribution in [0.25, 0.3) is 0 Å². The van der Waals surface area contributed by atoms with Crippen molar-refractivity contribution >= 4 is 24.4 Å². The van der Waals surface area contributed by atoms with Crippen LogP contribution in [0.1, 0.15) is 39.5 Å². The summed E-state index contributed by atoms with van der Waals surface area (Å²) in [6.45, 7) is 5.33. The number of hydrogen-bond donors (Lipinski definition) is 0. The summed E-state index contributed by atoms with van der Waals surface area (Å²) in [6.07, 6.45) is 4.91. The molecule has 0 radical (unpaired) electrons. The SMILES string of the molecule is CC(C)C[C@H]1COC(C2CCC[C@@H]2P(c2ccccc2)c2ccccc2)=N1. The van der Waals surface area contributed by atoms with Gasteiger partial charge in [-0.15, -0.1) is 0 Å². The summed E-state index contributed by atoms with van der Waals surface area (Å²) < 4.78 is 6.16. The van der Waals surface area contributed by atoms with Gasteiger partial charge in [0.1, 0.15) is 6.61 Å². The smallest absolute Gasteiger partial charge is 0.187 e. The first-order chi connectivity index (χ1) is 13.2. The highest BCUT2D eigenvalue weighted by molar-refractivity contribution is 7.73. The molecule has 0 spiro atoms. The monoisotopic (exact) mass is 379 g/mol. The first-order valence-electron chi connectivity index (χ1n) is 10.3. The molecular weight excluding hydrogens is 349 g/mol. The molecule has 27 heavy (non-hydrogen) atoms.